The van der Waals surface area contributed by atoms with Crippen molar-refractivity contribution in [3.63, 3.8) is 0 Å². The number of rotatable bonds is 4. The number of nitrogens with zero attached hydrogens (tertiary/aromatic N) is 1. The first-order valence-corrected chi connectivity index (χ1v) is 8.40. The van der Waals surface area contributed by atoms with Gasteiger partial charge in [-0.05, 0) is 32.4 Å². The molecule has 140 valence electrons. The summed E-state index contributed by atoms with van der Waals surface area (Å²) < 4.78 is 60.2. The Morgan fingerprint density at radius 3 is 2.81 bits per heavy atom. The zero-order chi connectivity index (χ0) is 18.9. The van der Waals surface area contributed by atoms with E-state index in [2.05, 4.69) is 17.2 Å². The molecular formula is C19H20F4N2O. The highest BCUT2D eigenvalue weighted by Crippen LogP contribution is 2.35. The molecule has 0 bridgehead atoms. The van der Waals surface area contributed by atoms with Gasteiger partial charge in [0.25, 0.3) is 5.92 Å². The second-order valence-corrected chi connectivity index (χ2v) is 6.55. The van der Waals surface area contributed by atoms with Crippen LogP contribution in [-0.4, -0.2) is 43.4 Å². The number of likely N-dealkylation sites (tertiary alicyclic amines) is 1. The summed E-state index contributed by atoms with van der Waals surface area (Å²) in [6.45, 7) is 1.80. The lowest BCUT2D eigenvalue weighted by atomic mass is 10.0. The maximum Gasteiger partial charge on any atom is 0.280 e. The Bertz CT molecular complexity index is 850. The smallest absolute Gasteiger partial charge is 0.280 e. The molecule has 26 heavy (non-hydrogen) atoms. The lowest BCUT2D eigenvalue weighted by molar-refractivity contribution is -0.0672. The maximum atomic E-state index is 14.3. The van der Waals surface area contributed by atoms with Crippen molar-refractivity contribution in [2.45, 2.75) is 38.2 Å². The van der Waals surface area contributed by atoms with Crippen LogP contribution in [0.5, 0.6) is 0 Å². The number of para-hydroxylation sites is 1. The third kappa shape index (κ3) is 3.65. The zero-order valence-electron chi connectivity index (χ0n) is 14.6. The standard InChI is InChI=1S/C19H20F4N2O/c1-3-5-15-13(10-17(20)21)12-6-4-7-14(18(12)26-15)24-16-8-9-25(2)11-19(16,22)23/h4,6-7,16-17,24H,8-11H2,1-2H3. The highest BCUT2D eigenvalue weighted by atomic mass is 19.3. The fourth-order valence-corrected chi connectivity index (χ4v) is 3.33. The number of anilines is 1. The Balaban J connectivity index is 2.00. The Morgan fingerprint density at radius 2 is 2.15 bits per heavy atom. The van der Waals surface area contributed by atoms with Crippen molar-refractivity contribution >= 4 is 16.7 Å². The van der Waals surface area contributed by atoms with Crippen LogP contribution in [0.15, 0.2) is 22.6 Å². The number of fused-ring (bicyclic) bond motifs is 1. The van der Waals surface area contributed by atoms with Crippen molar-refractivity contribution in [2.24, 2.45) is 0 Å². The molecule has 0 saturated carbocycles. The number of piperidine rings is 1. The molecule has 1 aliphatic heterocycles. The number of halogens is 4. The predicted molar refractivity (Wildman–Crippen MR) is 92.9 cm³/mol. The van der Waals surface area contributed by atoms with Gasteiger partial charge in [0.05, 0.1) is 18.3 Å². The molecule has 1 saturated heterocycles. The lowest BCUT2D eigenvalue weighted by Crippen LogP contribution is -2.53. The largest absolute Gasteiger partial charge is 0.445 e. The summed E-state index contributed by atoms with van der Waals surface area (Å²) >= 11 is 0. The summed E-state index contributed by atoms with van der Waals surface area (Å²) in [4.78, 5) is 1.58. The SMILES string of the molecule is CC#Cc1oc2c(NC3CCN(C)CC3(F)F)cccc2c1CC(F)F. The van der Waals surface area contributed by atoms with Crippen LogP contribution in [0.1, 0.15) is 24.7 Å². The van der Waals surface area contributed by atoms with Gasteiger partial charge in [-0.25, -0.2) is 17.6 Å². The molecule has 1 atom stereocenters. The van der Waals surface area contributed by atoms with Crippen molar-refractivity contribution < 1.29 is 22.0 Å². The van der Waals surface area contributed by atoms with E-state index >= 15 is 0 Å². The minimum absolute atomic E-state index is 0.159. The molecule has 1 N–H and O–H groups in total. The summed E-state index contributed by atoms with van der Waals surface area (Å²) in [7, 11) is 1.66. The normalized spacial score (nSPS) is 20.2. The van der Waals surface area contributed by atoms with Crippen LogP contribution in [0.25, 0.3) is 11.0 Å². The van der Waals surface area contributed by atoms with Crippen molar-refractivity contribution in [3.05, 3.63) is 29.5 Å². The van der Waals surface area contributed by atoms with E-state index in [0.717, 1.165) is 0 Å². The van der Waals surface area contributed by atoms with Gasteiger partial charge in [0.1, 0.15) is 0 Å². The minimum atomic E-state index is -2.90. The Morgan fingerprint density at radius 1 is 1.38 bits per heavy atom. The summed E-state index contributed by atoms with van der Waals surface area (Å²) in [6.07, 6.45) is -2.78. The second-order valence-electron chi connectivity index (χ2n) is 6.55. The van der Waals surface area contributed by atoms with Gasteiger partial charge in [-0.2, -0.15) is 0 Å². The summed E-state index contributed by atoms with van der Waals surface area (Å²) in [5, 5.41) is 3.34. The molecule has 3 rings (SSSR count). The van der Waals surface area contributed by atoms with Gasteiger partial charge >= 0.3 is 0 Å². The molecular weight excluding hydrogens is 348 g/mol. The number of hydrogen-bond acceptors (Lipinski definition) is 3. The summed E-state index contributed by atoms with van der Waals surface area (Å²) in [6, 6.07) is 3.87. The van der Waals surface area contributed by atoms with E-state index in [1.54, 1.807) is 37.1 Å². The summed E-state index contributed by atoms with van der Waals surface area (Å²) in [5.41, 5.74) is 0.968. The van der Waals surface area contributed by atoms with Gasteiger partial charge in [0.15, 0.2) is 11.3 Å². The van der Waals surface area contributed by atoms with Gasteiger partial charge in [-0.3, -0.25) is 0 Å². The van der Waals surface area contributed by atoms with E-state index in [0.29, 0.717) is 23.2 Å². The van der Waals surface area contributed by atoms with Gasteiger partial charge < -0.3 is 14.6 Å². The zero-order valence-corrected chi connectivity index (χ0v) is 14.6. The molecule has 1 unspecified atom stereocenters. The lowest BCUT2D eigenvalue weighted by Gasteiger charge is -2.37. The molecule has 1 aromatic carbocycles. The van der Waals surface area contributed by atoms with Gasteiger partial charge in [-0.15, -0.1) is 0 Å². The maximum absolute atomic E-state index is 14.3. The highest BCUT2D eigenvalue weighted by Gasteiger charge is 2.43. The van der Waals surface area contributed by atoms with Crippen LogP contribution in [0.3, 0.4) is 0 Å². The molecule has 1 aliphatic rings. The molecule has 0 spiro atoms. The summed E-state index contributed by atoms with van der Waals surface area (Å²) in [5.74, 6) is 2.59. The van der Waals surface area contributed by atoms with E-state index in [4.69, 9.17) is 4.42 Å². The van der Waals surface area contributed by atoms with Gasteiger partial charge in [0.2, 0.25) is 6.43 Å². The van der Waals surface area contributed by atoms with E-state index in [1.807, 2.05) is 0 Å². The van der Waals surface area contributed by atoms with E-state index in [1.165, 1.54) is 0 Å². The number of hydrogen-bond donors (Lipinski definition) is 1. The molecule has 7 heteroatoms. The molecule has 0 aliphatic carbocycles. The third-order valence-corrected chi connectivity index (χ3v) is 4.54. The average Bonchev–Trinajstić information content (AvgIpc) is 2.88. The molecule has 1 fully saturated rings. The van der Waals surface area contributed by atoms with E-state index in [-0.39, 0.29) is 24.3 Å². The fourth-order valence-electron chi connectivity index (χ4n) is 3.33. The molecule has 1 aromatic heterocycles. The molecule has 0 radical (unpaired) electrons. The highest BCUT2D eigenvalue weighted by molar-refractivity contribution is 5.93. The molecule has 3 nitrogen and oxygen atoms in total. The first-order chi connectivity index (χ1) is 12.3. The van der Waals surface area contributed by atoms with Crippen molar-refractivity contribution in [3.8, 4) is 11.8 Å². The average molecular weight is 368 g/mol. The first kappa shape index (κ1) is 18.6. The van der Waals surface area contributed by atoms with Gasteiger partial charge in [0, 0.05) is 23.9 Å². The Labute approximate surface area is 149 Å². The van der Waals surface area contributed by atoms with Crippen LogP contribution in [0.4, 0.5) is 23.2 Å². The van der Waals surface area contributed by atoms with Crippen LogP contribution in [0, 0.1) is 11.8 Å². The quantitative estimate of drug-likeness (QED) is 0.642. The second kappa shape index (κ2) is 7.20. The minimum Gasteiger partial charge on any atom is -0.445 e. The van der Waals surface area contributed by atoms with Crippen molar-refractivity contribution in [2.75, 3.05) is 25.5 Å². The number of benzene rings is 1. The number of alkyl halides is 4. The molecule has 0 amide bonds. The Hall–Kier alpha value is -2.20. The molecule has 2 heterocycles. The monoisotopic (exact) mass is 368 g/mol. The number of furan rings is 1. The molecule has 2 aromatic rings. The van der Waals surface area contributed by atoms with Crippen molar-refractivity contribution in [1.82, 2.24) is 4.90 Å². The Kier molecular flexibility index (Phi) is 5.15. The van der Waals surface area contributed by atoms with Crippen LogP contribution in [0.2, 0.25) is 0 Å². The number of nitrogens with one attached hydrogen (secondary N) is 1. The van der Waals surface area contributed by atoms with E-state index < -0.39 is 24.8 Å². The van der Waals surface area contributed by atoms with Crippen LogP contribution < -0.4 is 5.32 Å². The first-order valence-electron chi connectivity index (χ1n) is 8.40. The fraction of sp³-hybridized carbons (Fsp3) is 0.474. The van der Waals surface area contributed by atoms with E-state index in [9.17, 15) is 17.6 Å². The topological polar surface area (TPSA) is 28.4 Å². The van der Waals surface area contributed by atoms with Crippen molar-refractivity contribution in [1.29, 1.82) is 0 Å². The predicted octanol–water partition coefficient (Wildman–Crippen LogP) is 4.36. The van der Waals surface area contributed by atoms with Gasteiger partial charge in [-0.1, -0.05) is 18.1 Å². The third-order valence-electron chi connectivity index (χ3n) is 4.54. The van der Waals surface area contributed by atoms with Crippen LogP contribution >= 0.6 is 0 Å². The van der Waals surface area contributed by atoms with Crippen LogP contribution in [-0.2, 0) is 6.42 Å².